The van der Waals surface area contributed by atoms with E-state index in [0.717, 1.165) is 19.3 Å². The second-order valence-electron chi connectivity index (χ2n) is 5.42. The standard InChI is InChI=1S/C16H20O4/c1-18-8-9-19-14-5-3-2-4-12(14)16(17)13-10-11-6-7-15(13)20-11/h2-5,11,13,15H,6-10H2,1H3. The molecule has 1 aromatic carbocycles. The highest BCUT2D eigenvalue weighted by molar-refractivity contribution is 6.00. The number of benzene rings is 1. The van der Waals surface area contributed by atoms with Crippen LogP contribution in [0.3, 0.4) is 0 Å². The molecular formula is C16H20O4. The smallest absolute Gasteiger partial charge is 0.172 e. The quantitative estimate of drug-likeness (QED) is 0.591. The number of carbonyl (C=O) groups is 1. The lowest BCUT2D eigenvalue weighted by Gasteiger charge is -2.19. The normalized spacial score (nSPS) is 27.8. The zero-order valence-corrected chi connectivity index (χ0v) is 11.7. The summed E-state index contributed by atoms with van der Waals surface area (Å²) >= 11 is 0. The lowest BCUT2D eigenvalue weighted by Crippen LogP contribution is -2.26. The van der Waals surface area contributed by atoms with Gasteiger partial charge < -0.3 is 14.2 Å². The summed E-state index contributed by atoms with van der Waals surface area (Å²) in [7, 11) is 1.63. The first-order valence-electron chi connectivity index (χ1n) is 7.20. The fraction of sp³-hybridized carbons (Fsp3) is 0.562. The number of ether oxygens (including phenoxy) is 3. The summed E-state index contributed by atoms with van der Waals surface area (Å²) in [6.07, 6.45) is 3.36. The topological polar surface area (TPSA) is 44.8 Å². The van der Waals surface area contributed by atoms with Crippen molar-refractivity contribution in [3.05, 3.63) is 29.8 Å². The number of ketones is 1. The van der Waals surface area contributed by atoms with E-state index in [2.05, 4.69) is 0 Å². The van der Waals surface area contributed by atoms with Gasteiger partial charge in [0.2, 0.25) is 0 Å². The molecule has 2 aliphatic rings. The fourth-order valence-electron chi connectivity index (χ4n) is 3.14. The van der Waals surface area contributed by atoms with E-state index in [-0.39, 0.29) is 23.9 Å². The molecule has 3 unspecified atom stereocenters. The van der Waals surface area contributed by atoms with Crippen LogP contribution in [0.1, 0.15) is 29.6 Å². The van der Waals surface area contributed by atoms with Gasteiger partial charge >= 0.3 is 0 Å². The molecule has 2 fully saturated rings. The number of rotatable bonds is 6. The largest absolute Gasteiger partial charge is 0.490 e. The molecule has 0 N–H and O–H groups in total. The molecule has 3 atom stereocenters. The molecule has 3 rings (SSSR count). The molecule has 4 nitrogen and oxygen atoms in total. The van der Waals surface area contributed by atoms with Crippen LogP contribution in [0, 0.1) is 5.92 Å². The van der Waals surface area contributed by atoms with Gasteiger partial charge in [-0.1, -0.05) is 12.1 Å². The Labute approximate surface area is 119 Å². The van der Waals surface area contributed by atoms with Crippen molar-refractivity contribution in [2.75, 3.05) is 20.3 Å². The Morgan fingerprint density at radius 1 is 1.30 bits per heavy atom. The Bertz CT molecular complexity index is 485. The first-order valence-corrected chi connectivity index (χ1v) is 7.20. The molecule has 0 spiro atoms. The molecule has 2 bridgehead atoms. The van der Waals surface area contributed by atoms with Crippen molar-refractivity contribution in [3.8, 4) is 5.75 Å². The highest BCUT2D eigenvalue weighted by Crippen LogP contribution is 2.41. The summed E-state index contributed by atoms with van der Waals surface area (Å²) < 4.78 is 16.4. The monoisotopic (exact) mass is 276 g/mol. The van der Waals surface area contributed by atoms with Crippen LogP contribution in [-0.2, 0) is 9.47 Å². The third-order valence-electron chi connectivity index (χ3n) is 4.14. The molecule has 108 valence electrons. The molecule has 20 heavy (non-hydrogen) atoms. The Kier molecular flexibility index (Phi) is 4.03. The molecule has 0 saturated carbocycles. The third-order valence-corrected chi connectivity index (χ3v) is 4.14. The Morgan fingerprint density at radius 2 is 2.15 bits per heavy atom. The molecule has 0 amide bonds. The van der Waals surface area contributed by atoms with E-state index in [1.165, 1.54) is 0 Å². The van der Waals surface area contributed by atoms with Gasteiger partial charge in [-0.3, -0.25) is 4.79 Å². The zero-order valence-electron chi connectivity index (χ0n) is 11.7. The van der Waals surface area contributed by atoms with E-state index in [1.807, 2.05) is 24.3 Å². The van der Waals surface area contributed by atoms with Crippen LogP contribution in [0.15, 0.2) is 24.3 Å². The molecule has 0 aliphatic carbocycles. The average molecular weight is 276 g/mol. The third kappa shape index (κ3) is 2.58. The predicted octanol–water partition coefficient (Wildman–Crippen LogP) is 2.46. The van der Waals surface area contributed by atoms with Gasteiger partial charge in [0.15, 0.2) is 5.78 Å². The van der Waals surface area contributed by atoms with Crippen LogP contribution in [0.2, 0.25) is 0 Å². The maximum Gasteiger partial charge on any atom is 0.172 e. The summed E-state index contributed by atoms with van der Waals surface area (Å²) in [6.45, 7) is 0.966. The van der Waals surface area contributed by atoms with Gasteiger partial charge in [-0.25, -0.2) is 0 Å². The first-order chi connectivity index (χ1) is 9.79. The number of hydrogen-bond donors (Lipinski definition) is 0. The number of carbonyl (C=O) groups excluding carboxylic acids is 1. The fourth-order valence-corrected chi connectivity index (χ4v) is 3.14. The minimum absolute atomic E-state index is 0.000857. The van der Waals surface area contributed by atoms with Crippen molar-refractivity contribution in [1.82, 2.24) is 0 Å². The Balaban J connectivity index is 1.74. The van der Waals surface area contributed by atoms with Gasteiger partial charge in [0, 0.05) is 7.11 Å². The van der Waals surface area contributed by atoms with E-state index in [0.29, 0.717) is 24.5 Å². The van der Waals surface area contributed by atoms with Gasteiger partial charge in [-0.2, -0.15) is 0 Å². The van der Waals surface area contributed by atoms with Crippen LogP contribution >= 0.6 is 0 Å². The molecule has 0 radical (unpaired) electrons. The summed E-state index contributed by atoms with van der Waals surface area (Å²) in [5.41, 5.74) is 0.671. The molecule has 2 saturated heterocycles. The number of hydrogen-bond acceptors (Lipinski definition) is 4. The molecule has 1 aromatic rings. The SMILES string of the molecule is COCCOc1ccccc1C(=O)C1CC2CCC1O2. The van der Waals surface area contributed by atoms with Crippen molar-refractivity contribution in [3.63, 3.8) is 0 Å². The minimum atomic E-state index is 0.000857. The van der Waals surface area contributed by atoms with E-state index in [1.54, 1.807) is 7.11 Å². The van der Waals surface area contributed by atoms with Crippen molar-refractivity contribution < 1.29 is 19.0 Å². The average Bonchev–Trinajstić information content (AvgIpc) is 3.10. The first kappa shape index (κ1) is 13.6. The van der Waals surface area contributed by atoms with Crippen LogP contribution in [0.25, 0.3) is 0 Å². The van der Waals surface area contributed by atoms with Gasteiger partial charge in [0.1, 0.15) is 12.4 Å². The van der Waals surface area contributed by atoms with Gasteiger partial charge in [-0.05, 0) is 31.4 Å². The second-order valence-corrected chi connectivity index (χ2v) is 5.42. The lowest BCUT2D eigenvalue weighted by molar-refractivity contribution is 0.0739. The van der Waals surface area contributed by atoms with Gasteiger partial charge in [-0.15, -0.1) is 0 Å². The van der Waals surface area contributed by atoms with Gasteiger partial charge in [0.25, 0.3) is 0 Å². The highest BCUT2D eigenvalue weighted by atomic mass is 16.5. The minimum Gasteiger partial charge on any atom is -0.490 e. The van der Waals surface area contributed by atoms with Gasteiger partial charge in [0.05, 0.1) is 30.3 Å². The summed E-state index contributed by atoms with van der Waals surface area (Å²) in [6, 6.07) is 7.45. The predicted molar refractivity (Wildman–Crippen MR) is 74.1 cm³/mol. The zero-order chi connectivity index (χ0) is 13.9. The van der Waals surface area contributed by atoms with Crippen molar-refractivity contribution in [2.24, 2.45) is 5.92 Å². The Hall–Kier alpha value is -1.39. The number of para-hydroxylation sites is 1. The molecule has 4 heteroatoms. The van der Waals surface area contributed by atoms with Crippen molar-refractivity contribution >= 4 is 5.78 Å². The summed E-state index contributed by atoms with van der Waals surface area (Å²) in [5, 5.41) is 0. The van der Waals surface area contributed by atoms with Crippen LogP contribution in [0.5, 0.6) is 5.75 Å². The second kappa shape index (κ2) is 5.94. The lowest BCUT2D eigenvalue weighted by atomic mass is 9.83. The van der Waals surface area contributed by atoms with E-state index in [9.17, 15) is 4.79 Å². The molecule has 2 aliphatic heterocycles. The van der Waals surface area contributed by atoms with E-state index < -0.39 is 0 Å². The molecular weight excluding hydrogens is 256 g/mol. The van der Waals surface area contributed by atoms with Crippen LogP contribution in [0.4, 0.5) is 0 Å². The number of methoxy groups -OCH3 is 1. The van der Waals surface area contributed by atoms with Crippen LogP contribution in [-0.4, -0.2) is 38.3 Å². The summed E-state index contributed by atoms with van der Waals surface area (Å²) in [5.74, 6) is 0.809. The Morgan fingerprint density at radius 3 is 2.85 bits per heavy atom. The van der Waals surface area contributed by atoms with Crippen molar-refractivity contribution in [2.45, 2.75) is 31.5 Å². The van der Waals surface area contributed by atoms with E-state index >= 15 is 0 Å². The maximum atomic E-state index is 12.7. The molecule has 2 heterocycles. The number of Topliss-reactive ketones (excluding diaryl/α,β-unsaturated/α-hetero) is 1. The van der Waals surface area contributed by atoms with Crippen molar-refractivity contribution in [1.29, 1.82) is 0 Å². The van der Waals surface area contributed by atoms with Crippen LogP contribution < -0.4 is 4.74 Å². The molecule has 0 aromatic heterocycles. The highest BCUT2D eigenvalue weighted by Gasteiger charge is 2.44. The number of fused-ring (bicyclic) bond motifs is 2. The maximum absolute atomic E-state index is 12.7. The van der Waals surface area contributed by atoms with E-state index in [4.69, 9.17) is 14.2 Å². The summed E-state index contributed by atoms with van der Waals surface area (Å²) in [4.78, 5) is 12.7.